The highest BCUT2D eigenvalue weighted by Crippen LogP contribution is 2.37. The summed E-state index contributed by atoms with van der Waals surface area (Å²) < 4.78 is 44.4. The van der Waals surface area contributed by atoms with Gasteiger partial charge in [-0.2, -0.15) is 0 Å². The van der Waals surface area contributed by atoms with Crippen molar-refractivity contribution in [2.45, 2.75) is 23.0 Å². The average molecular weight is 549 g/mol. The van der Waals surface area contributed by atoms with Crippen LogP contribution in [0.1, 0.15) is 32.3 Å². The molecule has 0 radical (unpaired) electrons. The Kier molecular flexibility index (Phi) is 7.38. The summed E-state index contributed by atoms with van der Waals surface area (Å²) >= 11 is 1.16. The topological polar surface area (TPSA) is 69.3 Å². The number of nitrogens with zero attached hydrogens (tertiary/aromatic N) is 4. The molecule has 0 fully saturated rings. The molecule has 39 heavy (non-hydrogen) atoms. The number of ketones is 1. The molecule has 6 nitrogen and oxygen atoms in total. The van der Waals surface area contributed by atoms with Crippen LogP contribution >= 0.6 is 11.8 Å². The van der Waals surface area contributed by atoms with E-state index in [0.29, 0.717) is 10.7 Å². The Hall–Kier alpha value is -4.18. The number of thioether (sulfide) groups is 1. The molecule has 5 rings (SSSR count). The molecule has 5 aromatic rings. The monoisotopic (exact) mass is 548 g/mol. The third-order valence-corrected chi connectivity index (χ3v) is 7.74. The summed E-state index contributed by atoms with van der Waals surface area (Å²) in [6.07, 6.45) is 3.02. The molecule has 1 atom stereocenters. The minimum atomic E-state index is -2.80. The Morgan fingerprint density at radius 1 is 0.923 bits per heavy atom. The molecule has 0 saturated heterocycles. The van der Waals surface area contributed by atoms with Gasteiger partial charge < -0.3 is 0 Å². The number of fused-ring (bicyclic) bond motifs is 1. The first-order valence-electron chi connectivity index (χ1n) is 12.1. The first kappa shape index (κ1) is 26.4. The number of Topliss-reactive ketones (excluding diaryl/α,β-unsaturated/α-hetero) is 1. The van der Waals surface area contributed by atoms with Gasteiger partial charge in [0.1, 0.15) is 18.6 Å². The van der Waals surface area contributed by atoms with Crippen molar-refractivity contribution in [2.24, 2.45) is 0 Å². The van der Waals surface area contributed by atoms with E-state index in [4.69, 9.17) is 0 Å². The Bertz CT molecular complexity index is 1690. The van der Waals surface area contributed by atoms with E-state index in [1.54, 1.807) is 36.5 Å². The normalized spacial score (nSPS) is 12.5. The SMILES string of the molecule is Cc1c(-n2ccn3c(SC(C(=O)c4ccccc4)c4ccccc4)nnc3c2=O)cccc1C(F)(CF)CF. The molecule has 0 spiro atoms. The molecule has 0 N–H and O–H groups in total. The highest BCUT2D eigenvalue weighted by Gasteiger charge is 2.35. The van der Waals surface area contributed by atoms with Gasteiger partial charge >= 0.3 is 5.56 Å². The fraction of sp³-hybridized carbons (Fsp3) is 0.172. The van der Waals surface area contributed by atoms with Gasteiger partial charge in [0.05, 0.1) is 5.69 Å². The molecule has 0 amide bonds. The lowest BCUT2D eigenvalue weighted by Crippen LogP contribution is -2.28. The van der Waals surface area contributed by atoms with Crippen LogP contribution in [0.2, 0.25) is 0 Å². The molecule has 2 heterocycles. The second-order valence-corrected chi connectivity index (χ2v) is 10.0. The van der Waals surface area contributed by atoms with E-state index < -0.39 is 29.8 Å². The maximum absolute atomic E-state index is 14.9. The van der Waals surface area contributed by atoms with E-state index >= 15 is 0 Å². The minimum absolute atomic E-state index is 0.0220. The van der Waals surface area contributed by atoms with Crippen molar-refractivity contribution in [1.29, 1.82) is 0 Å². The molecule has 3 aromatic carbocycles. The van der Waals surface area contributed by atoms with Gasteiger partial charge in [-0.05, 0) is 29.7 Å². The van der Waals surface area contributed by atoms with E-state index in [-0.39, 0.29) is 28.2 Å². The molecule has 0 saturated carbocycles. The van der Waals surface area contributed by atoms with Gasteiger partial charge in [-0.1, -0.05) is 84.6 Å². The van der Waals surface area contributed by atoms with Crippen LogP contribution in [0, 0.1) is 6.92 Å². The number of aromatic nitrogens is 4. The van der Waals surface area contributed by atoms with Crippen LogP contribution in [-0.2, 0) is 5.67 Å². The summed E-state index contributed by atoms with van der Waals surface area (Å²) in [4.78, 5) is 26.9. The van der Waals surface area contributed by atoms with Crippen LogP contribution < -0.4 is 5.56 Å². The van der Waals surface area contributed by atoms with Crippen LogP contribution in [0.3, 0.4) is 0 Å². The first-order valence-corrected chi connectivity index (χ1v) is 12.9. The summed E-state index contributed by atoms with van der Waals surface area (Å²) in [7, 11) is 0. The lowest BCUT2D eigenvalue weighted by atomic mass is 9.93. The summed E-state index contributed by atoms with van der Waals surface area (Å²) in [5, 5.41) is 7.94. The van der Waals surface area contributed by atoms with Gasteiger partial charge in [0, 0.05) is 18.0 Å². The molecular weight excluding hydrogens is 525 g/mol. The zero-order valence-electron chi connectivity index (χ0n) is 20.8. The highest BCUT2D eigenvalue weighted by molar-refractivity contribution is 8.00. The van der Waals surface area contributed by atoms with Crippen LogP contribution in [0.15, 0.2) is 101 Å². The molecule has 2 aromatic heterocycles. The Morgan fingerprint density at radius 2 is 1.59 bits per heavy atom. The lowest BCUT2D eigenvalue weighted by Gasteiger charge is -2.23. The number of rotatable bonds is 9. The largest absolute Gasteiger partial charge is 0.300 e. The van der Waals surface area contributed by atoms with Crippen molar-refractivity contribution in [3.05, 3.63) is 124 Å². The smallest absolute Gasteiger partial charge is 0.293 e. The number of halogens is 3. The molecule has 10 heteroatoms. The Balaban J connectivity index is 1.56. The first-order chi connectivity index (χ1) is 18.9. The number of hydrogen-bond acceptors (Lipinski definition) is 5. The van der Waals surface area contributed by atoms with E-state index in [1.807, 2.05) is 36.4 Å². The molecular formula is C29H23F3N4O2S. The van der Waals surface area contributed by atoms with E-state index in [1.165, 1.54) is 34.2 Å². The summed E-state index contributed by atoms with van der Waals surface area (Å²) in [5.74, 6) is -0.125. The van der Waals surface area contributed by atoms with Crippen molar-refractivity contribution in [3.63, 3.8) is 0 Å². The lowest BCUT2D eigenvalue weighted by molar-refractivity contribution is 0.0838. The number of alkyl halides is 3. The van der Waals surface area contributed by atoms with Gasteiger partial charge in [-0.25, -0.2) is 13.2 Å². The van der Waals surface area contributed by atoms with Crippen molar-refractivity contribution in [2.75, 3.05) is 13.3 Å². The van der Waals surface area contributed by atoms with Crippen LogP contribution in [-0.4, -0.2) is 38.3 Å². The Labute approximate surface area is 226 Å². The summed E-state index contributed by atoms with van der Waals surface area (Å²) in [6, 6.07) is 22.5. The molecule has 0 aliphatic heterocycles. The molecule has 1 unspecified atom stereocenters. The van der Waals surface area contributed by atoms with Gasteiger partial charge in [-0.15, -0.1) is 10.2 Å². The maximum Gasteiger partial charge on any atom is 0.300 e. The minimum Gasteiger partial charge on any atom is -0.293 e. The number of carbonyl (C=O) groups is 1. The van der Waals surface area contributed by atoms with Crippen LogP contribution in [0.5, 0.6) is 0 Å². The van der Waals surface area contributed by atoms with Gasteiger partial charge in [-0.3, -0.25) is 18.6 Å². The molecule has 0 aliphatic carbocycles. The van der Waals surface area contributed by atoms with Gasteiger partial charge in [0.15, 0.2) is 16.6 Å². The quantitative estimate of drug-likeness (QED) is 0.167. The maximum atomic E-state index is 14.9. The zero-order valence-corrected chi connectivity index (χ0v) is 21.6. The standard InChI is InChI=1S/C29H23F3N4O2S/c1-19-22(29(32,17-30)18-31)13-8-14-23(19)35-15-16-36-26(27(35)38)33-34-28(36)39-25(21-11-6-3-7-12-21)24(37)20-9-4-2-5-10-20/h2-16,25H,17-18H2,1H3. The van der Waals surface area contributed by atoms with Crippen molar-refractivity contribution >= 4 is 23.2 Å². The highest BCUT2D eigenvalue weighted by atomic mass is 32.2. The van der Waals surface area contributed by atoms with Crippen LogP contribution in [0.25, 0.3) is 11.3 Å². The van der Waals surface area contributed by atoms with E-state index in [2.05, 4.69) is 10.2 Å². The molecule has 0 bridgehead atoms. The average Bonchev–Trinajstić information content (AvgIpc) is 3.40. The fourth-order valence-corrected chi connectivity index (χ4v) is 5.54. The number of hydrogen-bond donors (Lipinski definition) is 0. The predicted octanol–water partition coefficient (Wildman–Crippen LogP) is 6.01. The second kappa shape index (κ2) is 10.9. The molecule has 198 valence electrons. The van der Waals surface area contributed by atoms with Gasteiger partial charge in [0.25, 0.3) is 0 Å². The zero-order chi connectivity index (χ0) is 27.6. The summed E-state index contributed by atoms with van der Waals surface area (Å²) in [6.45, 7) is -1.56. The van der Waals surface area contributed by atoms with Crippen molar-refractivity contribution < 1.29 is 18.0 Å². The van der Waals surface area contributed by atoms with Gasteiger partial charge in [0.2, 0.25) is 5.65 Å². The third-order valence-electron chi connectivity index (χ3n) is 6.53. The Morgan fingerprint density at radius 3 is 2.26 bits per heavy atom. The second-order valence-electron chi connectivity index (χ2n) is 8.97. The van der Waals surface area contributed by atoms with Crippen molar-refractivity contribution in [1.82, 2.24) is 19.2 Å². The van der Waals surface area contributed by atoms with E-state index in [0.717, 1.165) is 17.3 Å². The molecule has 0 aliphatic rings. The summed E-state index contributed by atoms with van der Waals surface area (Å²) in [5.41, 5.74) is -1.75. The van der Waals surface area contributed by atoms with Crippen LogP contribution in [0.4, 0.5) is 13.2 Å². The predicted molar refractivity (Wildman–Crippen MR) is 144 cm³/mol. The third kappa shape index (κ3) is 4.87. The fourth-order valence-electron chi connectivity index (χ4n) is 4.45. The number of carbonyl (C=O) groups excluding carboxylic acids is 1. The van der Waals surface area contributed by atoms with E-state index in [9.17, 15) is 22.8 Å². The number of benzene rings is 3. The van der Waals surface area contributed by atoms with Crippen molar-refractivity contribution in [3.8, 4) is 5.69 Å².